The van der Waals surface area contributed by atoms with Gasteiger partial charge in [-0.2, -0.15) is 0 Å². The molecule has 1 fully saturated rings. The molecule has 0 bridgehead atoms. The summed E-state index contributed by atoms with van der Waals surface area (Å²) >= 11 is 0. The Bertz CT molecular complexity index is 1970. The average Bonchev–Trinajstić information content (AvgIpc) is 3.75. The minimum Gasteiger partial charge on any atom is -0.508 e. The Hall–Kier alpha value is -5.49. The minimum absolute atomic E-state index is 0.0105. The number of carboxylic acids is 1. The quantitative estimate of drug-likeness (QED) is 0.0761. The molecule has 0 saturated carbocycles. The van der Waals surface area contributed by atoms with E-state index in [1.54, 1.807) is 36.5 Å². The number of ether oxygens (including phenoxy) is 2. The number of imidazole rings is 1. The van der Waals surface area contributed by atoms with Crippen LogP contribution in [0.3, 0.4) is 0 Å². The summed E-state index contributed by atoms with van der Waals surface area (Å²) in [7, 11) is 0. The average molecular weight is 720 g/mol. The summed E-state index contributed by atoms with van der Waals surface area (Å²) in [4.78, 5) is 34.8. The van der Waals surface area contributed by atoms with Gasteiger partial charge in [0, 0.05) is 41.9 Å². The van der Waals surface area contributed by atoms with Gasteiger partial charge in [-0.1, -0.05) is 24.3 Å². The number of carbonyl (C=O) groups is 2. The zero-order chi connectivity index (χ0) is 37.3. The highest BCUT2D eigenvalue weighted by Crippen LogP contribution is 2.49. The van der Waals surface area contributed by atoms with Crippen molar-refractivity contribution < 1.29 is 65.0 Å². The van der Waals surface area contributed by atoms with Crippen LogP contribution in [0, 0.1) is 0 Å². The molecule has 0 spiro atoms. The number of aromatic amines is 1. The maximum atomic E-state index is 14.0. The van der Waals surface area contributed by atoms with E-state index in [1.165, 1.54) is 24.5 Å². The summed E-state index contributed by atoms with van der Waals surface area (Å²) in [5.74, 6) is -7.51. The van der Waals surface area contributed by atoms with Gasteiger partial charge >= 0.3 is 11.9 Å². The second-order valence-corrected chi connectivity index (χ2v) is 12.6. The number of amides is 1. The van der Waals surface area contributed by atoms with Crippen LogP contribution in [0.2, 0.25) is 0 Å². The molecule has 16 heteroatoms. The third-order valence-corrected chi connectivity index (χ3v) is 9.28. The number of hydrogen-bond donors (Lipinski definition) is 10. The van der Waals surface area contributed by atoms with Crippen molar-refractivity contribution in [2.75, 3.05) is 11.5 Å². The number of aliphatic hydroxyl groups excluding tert-OH is 4. The van der Waals surface area contributed by atoms with Crippen LogP contribution in [-0.4, -0.2) is 111 Å². The number of nitrogens with zero attached hydrogens (tertiary/aromatic N) is 2. The van der Waals surface area contributed by atoms with Gasteiger partial charge in [0.1, 0.15) is 35.9 Å². The number of phenolic OH excluding ortho intramolecular Hbond substituents is 3. The van der Waals surface area contributed by atoms with E-state index in [0.29, 0.717) is 23.1 Å². The number of benzene rings is 3. The van der Waals surface area contributed by atoms with Crippen LogP contribution in [0.5, 0.6) is 23.0 Å². The van der Waals surface area contributed by atoms with E-state index < -0.39 is 72.3 Å². The number of hydrogen-bond acceptors (Lipinski definition) is 13. The molecule has 3 aromatic carbocycles. The second-order valence-electron chi connectivity index (χ2n) is 12.6. The third kappa shape index (κ3) is 7.03. The maximum Gasteiger partial charge on any atom is 0.355 e. The predicted molar refractivity (Wildman–Crippen MR) is 180 cm³/mol. The largest absolute Gasteiger partial charge is 0.508 e. The van der Waals surface area contributed by atoms with Gasteiger partial charge in [-0.3, -0.25) is 9.69 Å². The minimum atomic E-state index is -3.12. The first kappa shape index (κ1) is 36.3. The van der Waals surface area contributed by atoms with Crippen LogP contribution in [0.4, 0.5) is 5.69 Å². The smallest absolute Gasteiger partial charge is 0.355 e. The number of anilines is 1. The van der Waals surface area contributed by atoms with E-state index in [2.05, 4.69) is 9.97 Å². The van der Waals surface area contributed by atoms with E-state index in [9.17, 15) is 55.5 Å². The Labute approximate surface area is 295 Å². The Balaban J connectivity index is 1.37. The molecule has 1 aromatic heterocycles. The summed E-state index contributed by atoms with van der Waals surface area (Å²) in [5.41, 5.74) is 2.45. The van der Waals surface area contributed by atoms with Gasteiger partial charge in [0.15, 0.2) is 17.6 Å². The molecule has 10 N–H and O–H groups in total. The van der Waals surface area contributed by atoms with E-state index in [1.807, 2.05) is 0 Å². The highest BCUT2D eigenvalue weighted by Gasteiger charge is 2.56. The van der Waals surface area contributed by atoms with Crippen molar-refractivity contribution in [3.8, 4) is 23.0 Å². The lowest BCUT2D eigenvalue weighted by molar-refractivity contribution is -0.422. The number of H-pyrrole nitrogens is 1. The molecule has 4 aromatic rings. The van der Waals surface area contributed by atoms with Gasteiger partial charge in [-0.15, -0.1) is 0 Å². The molecule has 52 heavy (non-hydrogen) atoms. The standard InChI is InChI=1S/C36H37N3O13/c40-16-29-32(45)33(46)34(47)36(50,52-29)51-28-14-24-23(13-27(28)43)22(8-7-19-3-1-2-4-25(19)41)31(35(48)49)39(24)30(44)10-6-18-5-9-26(42)20(11-18)12-21-15-37-17-38-21/h1-6,9-11,13-15,17,22,29,31-34,40-43,45-47,50H,7-8,12,16H2,(H,37,38)(H,48,49)/b10-6+/t22-,29+,31+,32+,33-,34+,36-/m0/s1. The van der Waals surface area contributed by atoms with Crippen LogP contribution < -0.4 is 9.64 Å². The zero-order valence-electron chi connectivity index (χ0n) is 27.4. The fourth-order valence-corrected chi connectivity index (χ4v) is 6.60. The molecule has 3 heterocycles. The Morgan fingerprint density at radius 1 is 0.981 bits per heavy atom. The highest BCUT2D eigenvalue weighted by molar-refractivity contribution is 6.09. The van der Waals surface area contributed by atoms with Crippen molar-refractivity contribution in [2.45, 2.75) is 61.6 Å². The maximum absolute atomic E-state index is 14.0. The molecular formula is C36H37N3O13. The van der Waals surface area contributed by atoms with E-state index in [4.69, 9.17) is 9.47 Å². The molecule has 2 aliphatic heterocycles. The van der Waals surface area contributed by atoms with Gasteiger partial charge in [-0.25, -0.2) is 9.78 Å². The van der Waals surface area contributed by atoms with E-state index in [-0.39, 0.29) is 35.6 Å². The number of aromatic hydroxyl groups is 3. The van der Waals surface area contributed by atoms with Gasteiger partial charge < -0.3 is 60.4 Å². The van der Waals surface area contributed by atoms with Crippen molar-refractivity contribution in [1.29, 1.82) is 0 Å². The first-order valence-electron chi connectivity index (χ1n) is 16.2. The van der Waals surface area contributed by atoms with Crippen LogP contribution in [-0.2, 0) is 27.2 Å². The van der Waals surface area contributed by atoms with E-state index >= 15 is 0 Å². The van der Waals surface area contributed by atoms with Crippen molar-refractivity contribution in [2.24, 2.45) is 0 Å². The van der Waals surface area contributed by atoms with Crippen LogP contribution >= 0.6 is 0 Å². The van der Waals surface area contributed by atoms with Crippen molar-refractivity contribution in [3.63, 3.8) is 0 Å². The number of aromatic nitrogens is 2. The number of phenols is 3. The number of nitrogens with one attached hydrogen (secondary N) is 1. The molecule has 1 saturated heterocycles. The first-order chi connectivity index (χ1) is 24.8. The topological polar surface area (TPSA) is 267 Å². The third-order valence-electron chi connectivity index (χ3n) is 9.28. The van der Waals surface area contributed by atoms with Crippen LogP contribution in [0.25, 0.3) is 6.08 Å². The van der Waals surface area contributed by atoms with Crippen molar-refractivity contribution >= 4 is 23.6 Å². The molecule has 0 radical (unpaired) electrons. The predicted octanol–water partition coefficient (Wildman–Crippen LogP) is 0.846. The molecule has 6 rings (SSSR count). The van der Waals surface area contributed by atoms with Crippen molar-refractivity contribution in [1.82, 2.24) is 9.97 Å². The number of aliphatic hydroxyl groups is 5. The molecule has 0 unspecified atom stereocenters. The summed E-state index contributed by atoms with van der Waals surface area (Å²) in [6.45, 7) is -0.897. The number of aliphatic carboxylic acids is 1. The lowest BCUT2D eigenvalue weighted by Crippen LogP contribution is -2.67. The molecule has 16 nitrogen and oxygen atoms in total. The van der Waals surface area contributed by atoms with Gasteiger partial charge in [0.2, 0.25) is 0 Å². The lowest BCUT2D eigenvalue weighted by Gasteiger charge is -2.44. The van der Waals surface area contributed by atoms with Crippen molar-refractivity contribution in [3.05, 3.63) is 101 Å². The monoisotopic (exact) mass is 719 g/mol. The zero-order valence-corrected chi connectivity index (χ0v) is 27.4. The summed E-state index contributed by atoms with van der Waals surface area (Å²) in [6.07, 6.45) is -1.52. The van der Waals surface area contributed by atoms with Gasteiger partial charge in [0.25, 0.3) is 5.91 Å². The molecule has 0 aliphatic carbocycles. The second kappa shape index (κ2) is 14.6. The number of para-hydroxylation sites is 1. The van der Waals surface area contributed by atoms with Gasteiger partial charge in [0.05, 0.1) is 18.6 Å². The van der Waals surface area contributed by atoms with Crippen LogP contribution in [0.15, 0.2) is 73.2 Å². The summed E-state index contributed by atoms with van der Waals surface area (Å²) in [6, 6.07) is 11.8. The normalized spacial score (nSPS) is 25.7. The molecule has 2 aliphatic rings. The number of fused-ring (bicyclic) bond motifs is 1. The number of carboxylic acid groups (broad SMARTS) is 1. The number of carbonyl (C=O) groups excluding carboxylic acids is 1. The molecule has 274 valence electrons. The first-order valence-corrected chi connectivity index (χ1v) is 16.2. The Kier molecular flexibility index (Phi) is 10.2. The Morgan fingerprint density at radius 3 is 2.42 bits per heavy atom. The fourth-order valence-electron chi connectivity index (χ4n) is 6.60. The summed E-state index contributed by atoms with van der Waals surface area (Å²) in [5, 5.41) is 94.0. The summed E-state index contributed by atoms with van der Waals surface area (Å²) < 4.78 is 10.6. The van der Waals surface area contributed by atoms with Gasteiger partial charge in [-0.05, 0) is 59.9 Å². The number of aryl methyl sites for hydroxylation is 1. The number of rotatable bonds is 11. The molecule has 1 amide bonds. The fraction of sp³-hybridized carbons (Fsp3) is 0.306. The molecular weight excluding hydrogens is 682 g/mol. The lowest BCUT2D eigenvalue weighted by atomic mass is 9.88. The Morgan fingerprint density at radius 2 is 1.73 bits per heavy atom. The van der Waals surface area contributed by atoms with Crippen LogP contribution in [0.1, 0.15) is 40.3 Å². The highest BCUT2D eigenvalue weighted by atomic mass is 16.8. The molecule has 7 atom stereocenters. The van der Waals surface area contributed by atoms with E-state index in [0.717, 1.165) is 28.8 Å². The SMILES string of the molecule is O=C(O)[C@H]1[C@@H](CCc2ccccc2O)c2cc(O)c(O[C@]3(O)O[C@H](CO)[C@@H](O)[C@H](O)[C@H]3O)cc2N1C(=O)/C=C/c1ccc(O)c(Cc2cnc[nH]2)c1.